The van der Waals surface area contributed by atoms with Gasteiger partial charge in [-0.3, -0.25) is 0 Å². The molecule has 0 aromatic carbocycles. The van der Waals surface area contributed by atoms with Gasteiger partial charge in [-0.1, -0.05) is 20.8 Å². The third-order valence-corrected chi connectivity index (χ3v) is 4.73. The lowest BCUT2D eigenvalue weighted by Gasteiger charge is -2.40. The molecule has 100 valence electrons. The smallest absolute Gasteiger partial charge is 0.00218 e. The summed E-state index contributed by atoms with van der Waals surface area (Å²) in [5, 5.41) is 3.53. The minimum absolute atomic E-state index is 0.512. The average Bonchev–Trinajstić information content (AvgIpc) is 2.30. The Morgan fingerprint density at radius 2 is 1.82 bits per heavy atom. The molecule has 0 radical (unpaired) electrons. The molecule has 2 fully saturated rings. The monoisotopic (exact) mass is 238 g/mol. The zero-order valence-electron chi connectivity index (χ0n) is 12.0. The van der Waals surface area contributed by atoms with E-state index in [1.165, 1.54) is 58.4 Å². The molecule has 0 saturated carbocycles. The van der Waals surface area contributed by atoms with Crippen LogP contribution in [-0.4, -0.2) is 37.6 Å². The number of rotatable bonds is 2. The van der Waals surface area contributed by atoms with E-state index in [-0.39, 0.29) is 0 Å². The van der Waals surface area contributed by atoms with Crippen LogP contribution in [0.1, 0.15) is 46.5 Å². The molecular weight excluding hydrogens is 208 g/mol. The first kappa shape index (κ1) is 13.4. The van der Waals surface area contributed by atoms with Crippen LogP contribution in [0.4, 0.5) is 0 Å². The van der Waals surface area contributed by atoms with E-state index < -0.39 is 0 Å². The third-order valence-electron chi connectivity index (χ3n) is 4.73. The zero-order chi connectivity index (χ0) is 12.3. The molecule has 0 spiro atoms. The minimum atomic E-state index is 0.512. The molecule has 0 aliphatic carbocycles. The van der Waals surface area contributed by atoms with Gasteiger partial charge in [0.05, 0.1) is 0 Å². The Balaban J connectivity index is 1.71. The van der Waals surface area contributed by atoms with Crippen molar-refractivity contribution in [3.8, 4) is 0 Å². The summed E-state index contributed by atoms with van der Waals surface area (Å²) < 4.78 is 0. The zero-order valence-corrected chi connectivity index (χ0v) is 12.0. The molecule has 1 N–H and O–H groups in total. The van der Waals surface area contributed by atoms with Crippen molar-refractivity contribution in [2.45, 2.75) is 46.5 Å². The molecule has 2 aliphatic rings. The number of nitrogens with zero attached hydrogens (tertiary/aromatic N) is 1. The number of hydrogen-bond donors (Lipinski definition) is 1. The van der Waals surface area contributed by atoms with Crippen molar-refractivity contribution in [1.29, 1.82) is 0 Å². The summed E-state index contributed by atoms with van der Waals surface area (Å²) in [6.07, 6.45) is 5.63. The van der Waals surface area contributed by atoms with Crippen molar-refractivity contribution in [2.75, 3.05) is 32.7 Å². The van der Waals surface area contributed by atoms with Crippen LogP contribution in [0.15, 0.2) is 0 Å². The molecule has 0 bridgehead atoms. The molecule has 17 heavy (non-hydrogen) atoms. The molecule has 1 unspecified atom stereocenters. The van der Waals surface area contributed by atoms with Gasteiger partial charge >= 0.3 is 0 Å². The van der Waals surface area contributed by atoms with Gasteiger partial charge in [-0.05, 0) is 69.1 Å². The van der Waals surface area contributed by atoms with Crippen LogP contribution in [0.5, 0.6) is 0 Å². The molecule has 0 amide bonds. The maximum atomic E-state index is 3.53. The fourth-order valence-corrected chi connectivity index (χ4v) is 3.43. The van der Waals surface area contributed by atoms with Crippen LogP contribution in [0.3, 0.4) is 0 Å². The molecule has 2 nitrogen and oxygen atoms in total. The lowest BCUT2D eigenvalue weighted by Crippen LogP contribution is -2.43. The molecule has 2 heteroatoms. The highest BCUT2D eigenvalue weighted by Crippen LogP contribution is 2.34. The van der Waals surface area contributed by atoms with Crippen LogP contribution in [0.25, 0.3) is 0 Å². The highest BCUT2D eigenvalue weighted by atomic mass is 15.1. The number of nitrogens with one attached hydrogen (secondary N) is 1. The van der Waals surface area contributed by atoms with Crippen LogP contribution in [0, 0.1) is 17.3 Å². The highest BCUT2D eigenvalue weighted by Gasteiger charge is 2.29. The van der Waals surface area contributed by atoms with Crippen molar-refractivity contribution in [1.82, 2.24) is 10.2 Å². The summed E-state index contributed by atoms with van der Waals surface area (Å²) in [6, 6.07) is 0. The summed E-state index contributed by atoms with van der Waals surface area (Å²) in [6.45, 7) is 13.7. The van der Waals surface area contributed by atoms with Gasteiger partial charge in [0.25, 0.3) is 0 Å². The predicted molar refractivity (Wildman–Crippen MR) is 74.2 cm³/mol. The summed E-state index contributed by atoms with van der Waals surface area (Å²) in [5.74, 6) is 1.85. The van der Waals surface area contributed by atoms with E-state index in [1.807, 2.05) is 0 Å². The summed E-state index contributed by atoms with van der Waals surface area (Å²) in [4.78, 5) is 2.71. The largest absolute Gasteiger partial charge is 0.316 e. The van der Waals surface area contributed by atoms with Crippen LogP contribution in [0.2, 0.25) is 0 Å². The van der Waals surface area contributed by atoms with Gasteiger partial charge in [-0.2, -0.15) is 0 Å². The van der Waals surface area contributed by atoms with E-state index in [4.69, 9.17) is 0 Å². The van der Waals surface area contributed by atoms with Crippen molar-refractivity contribution in [3.63, 3.8) is 0 Å². The maximum absolute atomic E-state index is 3.53. The Morgan fingerprint density at radius 1 is 1.12 bits per heavy atom. The predicted octanol–water partition coefficient (Wildman–Crippen LogP) is 2.74. The van der Waals surface area contributed by atoms with Crippen molar-refractivity contribution in [2.24, 2.45) is 17.3 Å². The second-order valence-electron chi connectivity index (χ2n) is 7.15. The number of likely N-dealkylation sites (tertiary alicyclic amines) is 1. The standard InChI is InChI=1S/C15H30N2/c1-15(2,3)14-6-9-17(10-7-14)12-13-5-4-8-16-11-13/h13-14,16H,4-12H2,1-3H3. The van der Waals surface area contributed by atoms with E-state index in [0.29, 0.717) is 5.41 Å². The quantitative estimate of drug-likeness (QED) is 0.796. The van der Waals surface area contributed by atoms with Gasteiger partial charge in [0.15, 0.2) is 0 Å². The van der Waals surface area contributed by atoms with E-state index in [9.17, 15) is 0 Å². The maximum Gasteiger partial charge on any atom is 0.00218 e. The van der Waals surface area contributed by atoms with Crippen molar-refractivity contribution < 1.29 is 0 Å². The van der Waals surface area contributed by atoms with Crippen LogP contribution in [-0.2, 0) is 0 Å². The Morgan fingerprint density at radius 3 is 2.35 bits per heavy atom. The highest BCUT2D eigenvalue weighted by molar-refractivity contribution is 4.82. The Bertz CT molecular complexity index is 218. The van der Waals surface area contributed by atoms with E-state index in [0.717, 1.165) is 11.8 Å². The second-order valence-corrected chi connectivity index (χ2v) is 7.15. The van der Waals surface area contributed by atoms with E-state index in [2.05, 4.69) is 31.0 Å². The average molecular weight is 238 g/mol. The molecule has 0 aromatic rings. The normalized spacial score (nSPS) is 29.5. The summed E-state index contributed by atoms with van der Waals surface area (Å²) in [5.41, 5.74) is 0.512. The SMILES string of the molecule is CC(C)(C)C1CCN(CC2CCCNC2)CC1. The first-order chi connectivity index (χ1) is 8.05. The van der Waals surface area contributed by atoms with Crippen molar-refractivity contribution in [3.05, 3.63) is 0 Å². The Labute approximate surface area is 107 Å². The summed E-state index contributed by atoms with van der Waals surface area (Å²) >= 11 is 0. The molecule has 2 aliphatic heterocycles. The van der Waals surface area contributed by atoms with Gasteiger partial charge in [0, 0.05) is 6.54 Å². The first-order valence-corrected chi connectivity index (χ1v) is 7.49. The molecule has 2 heterocycles. The second kappa shape index (κ2) is 5.71. The lowest BCUT2D eigenvalue weighted by molar-refractivity contribution is 0.0969. The van der Waals surface area contributed by atoms with E-state index >= 15 is 0 Å². The Hall–Kier alpha value is -0.0800. The summed E-state index contributed by atoms with van der Waals surface area (Å²) in [7, 11) is 0. The molecular formula is C15H30N2. The Kier molecular flexibility index (Phi) is 4.48. The molecule has 0 aromatic heterocycles. The van der Waals surface area contributed by atoms with Crippen LogP contribution < -0.4 is 5.32 Å². The van der Waals surface area contributed by atoms with Gasteiger partial charge in [-0.15, -0.1) is 0 Å². The molecule has 2 rings (SSSR count). The van der Waals surface area contributed by atoms with Gasteiger partial charge < -0.3 is 10.2 Å². The molecule has 2 saturated heterocycles. The number of hydrogen-bond acceptors (Lipinski definition) is 2. The minimum Gasteiger partial charge on any atom is -0.316 e. The van der Waals surface area contributed by atoms with Gasteiger partial charge in [0.1, 0.15) is 0 Å². The topological polar surface area (TPSA) is 15.3 Å². The van der Waals surface area contributed by atoms with E-state index in [1.54, 1.807) is 0 Å². The van der Waals surface area contributed by atoms with Gasteiger partial charge in [-0.25, -0.2) is 0 Å². The van der Waals surface area contributed by atoms with Gasteiger partial charge in [0.2, 0.25) is 0 Å². The number of piperidine rings is 2. The fourth-order valence-electron chi connectivity index (χ4n) is 3.43. The molecule has 1 atom stereocenters. The fraction of sp³-hybridized carbons (Fsp3) is 1.00. The third kappa shape index (κ3) is 3.96. The van der Waals surface area contributed by atoms with Crippen LogP contribution >= 0.6 is 0 Å². The lowest BCUT2D eigenvalue weighted by atomic mass is 9.75. The van der Waals surface area contributed by atoms with Crippen molar-refractivity contribution >= 4 is 0 Å². The first-order valence-electron chi connectivity index (χ1n) is 7.49.